The minimum Gasteiger partial charge on any atom is -0.497 e. The van der Waals surface area contributed by atoms with Gasteiger partial charge >= 0.3 is 0 Å². The Morgan fingerprint density at radius 3 is 2.14 bits per heavy atom. The normalized spacial score (nSPS) is 18.5. The summed E-state index contributed by atoms with van der Waals surface area (Å²) in [5, 5.41) is 2.24. The molecule has 0 amide bonds. The second-order valence-electron chi connectivity index (χ2n) is 5.35. The summed E-state index contributed by atoms with van der Waals surface area (Å²) < 4.78 is 10.7. The minimum atomic E-state index is 0.0532. The van der Waals surface area contributed by atoms with Crippen LogP contribution in [0, 0.1) is 0 Å². The Kier molecular flexibility index (Phi) is 5.81. The number of ether oxygens (including phenoxy) is 2. The fourth-order valence-electron chi connectivity index (χ4n) is 2.45. The lowest BCUT2D eigenvalue weighted by molar-refractivity contribution is 0.0879. The van der Waals surface area contributed by atoms with Gasteiger partial charge in [0.1, 0.15) is 11.5 Å². The van der Waals surface area contributed by atoms with E-state index in [0.29, 0.717) is 6.54 Å². The molecule has 1 unspecified atom stereocenters. The van der Waals surface area contributed by atoms with Crippen molar-refractivity contribution < 1.29 is 9.47 Å². The van der Waals surface area contributed by atoms with Crippen molar-refractivity contribution in [3.05, 3.63) is 23.8 Å². The third-order valence-corrected chi connectivity index (χ3v) is 3.85. The number of rotatable bonds is 6. The maximum atomic E-state index is 5.95. The number of nitrogens with two attached hydrogens (primary N) is 1. The Balaban J connectivity index is 2.09. The molecule has 1 fully saturated rings. The lowest BCUT2D eigenvalue weighted by Crippen LogP contribution is -2.52. The van der Waals surface area contributed by atoms with E-state index in [-0.39, 0.29) is 6.04 Å². The molecule has 1 aliphatic heterocycles. The van der Waals surface area contributed by atoms with Crippen molar-refractivity contribution >= 4 is 0 Å². The van der Waals surface area contributed by atoms with Crippen LogP contribution in [0.1, 0.15) is 11.6 Å². The molecule has 0 aromatic heterocycles. The molecule has 1 aliphatic rings. The number of likely N-dealkylation sites (N-methyl/N-ethyl adjacent to an activating group) is 1. The molecule has 0 aliphatic carbocycles. The number of hydrogen-bond acceptors (Lipinski definition) is 6. The quantitative estimate of drug-likeness (QED) is 0.794. The third-order valence-electron chi connectivity index (χ3n) is 3.85. The van der Waals surface area contributed by atoms with Gasteiger partial charge in [-0.2, -0.15) is 0 Å². The van der Waals surface area contributed by atoms with Crippen molar-refractivity contribution in [2.45, 2.75) is 6.04 Å². The summed E-state index contributed by atoms with van der Waals surface area (Å²) >= 11 is 0. The lowest BCUT2D eigenvalue weighted by atomic mass is 10.1. The SMILES string of the molecule is COc1cc(OC)cc(C(CN)NN2CCN(C)CC2)c1. The smallest absolute Gasteiger partial charge is 0.122 e. The van der Waals surface area contributed by atoms with Gasteiger partial charge in [0, 0.05) is 38.8 Å². The Labute approximate surface area is 126 Å². The van der Waals surface area contributed by atoms with Crippen molar-refractivity contribution in [2.75, 3.05) is 54.0 Å². The van der Waals surface area contributed by atoms with Gasteiger partial charge in [-0.15, -0.1) is 0 Å². The molecule has 1 atom stereocenters. The highest BCUT2D eigenvalue weighted by Gasteiger charge is 2.19. The predicted octanol–water partition coefficient (Wildman–Crippen LogP) is 0.456. The number of benzene rings is 1. The topological polar surface area (TPSA) is 63.0 Å². The van der Waals surface area contributed by atoms with Gasteiger partial charge in [0.05, 0.1) is 20.3 Å². The van der Waals surface area contributed by atoms with Crippen LogP contribution in [0.15, 0.2) is 18.2 Å². The summed E-state index contributed by atoms with van der Waals surface area (Å²) in [6.07, 6.45) is 0. The van der Waals surface area contributed by atoms with Crippen molar-refractivity contribution in [3.63, 3.8) is 0 Å². The van der Waals surface area contributed by atoms with E-state index >= 15 is 0 Å². The molecule has 6 heteroatoms. The van der Waals surface area contributed by atoms with E-state index in [1.54, 1.807) is 14.2 Å². The van der Waals surface area contributed by atoms with E-state index in [9.17, 15) is 0 Å². The van der Waals surface area contributed by atoms with E-state index in [1.807, 2.05) is 18.2 Å². The van der Waals surface area contributed by atoms with Crippen molar-refractivity contribution in [3.8, 4) is 11.5 Å². The summed E-state index contributed by atoms with van der Waals surface area (Å²) in [7, 11) is 5.46. The summed E-state index contributed by atoms with van der Waals surface area (Å²) in [6.45, 7) is 4.63. The summed E-state index contributed by atoms with van der Waals surface area (Å²) in [5.41, 5.74) is 10.5. The average molecular weight is 294 g/mol. The van der Waals surface area contributed by atoms with Gasteiger partial charge in [0.15, 0.2) is 0 Å². The van der Waals surface area contributed by atoms with Gasteiger partial charge in [-0.1, -0.05) is 0 Å². The van der Waals surface area contributed by atoms with Crippen LogP contribution < -0.4 is 20.6 Å². The van der Waals surface area contributed by atoms with E-state index in [2.05, 4.69) is 22.4 Å². The Hall–Kier alpha value is -1.34. The maximum Gasteiger partial charge on any atom is 0.122 e. The predicted molar refractivity (Wildman–Crippen MR) is 83.5 cm³/mol. The number of hydrazine groups is 1. The van der Waals surface area contributed by atoms with Crippen molar-refractivity contribution in [2.24, 2.45) is 5.73 Å². The Bertz CT molecular complexity index is 425. The number of hydrogen-bond donors (Lipinski definition) is 2. The van der Waals surface area contributed by atoms with E-state index < -0.39 is 0 Å². The molecule has 6 nitrogen and oxygen atoms in total. The zero-order valence-electron chi connectivity index (χ0n) is 13.1. The van der Waals surface area contributed by atoms with Crippen LogP contribution in [0.3, 0.4) is 0 Å². The van der Waals surface area contributed by atoms with Gasteiger partial charge < -0.3 is 20.1 Å². The highest BCUT2D eigenvalue weighted by molar-refractivity contribution is 5.39. The van der Waals surface area contributed by atoms with Crippen LogP contribution in [0.25, 0.3) is 0 Å². The van der Waals surface area contributed by atoms with E-state index in [1.165, 1.54) is 0 Å². The lowest BCUT2D eigenvalue weighted by Gasteiger charge is -2.35. The maximum absolute atomic E-state index is 5.95. The molecule has 3 N–H and O–H groups in total. The number of piperazine rings is 1. The van der Waals surface area contributed by atoms with Crippen LogP contribution in [0.4, 0.5) is 0 Å². The van der Waals surface area contributed by atoms with E-state index in [4.69, 9.17) is 15.2 Å². The van der Waals surface area contributed by atoms with Crippen LogP contribution in [0.2, 0.25) is 0 Å². The molecule has 1 heterocycles. The summed E-state index contributed by atoms with van der Waals surface area (Å²) in [5.74, 6) is 1.56. The minimum absolute atomic E-state index is 0.0532. The standard InChI is InChI=1S/C15H26N4O2/c1-18-4-6-19(7-5-18)17-15(11-16)12-8-13(20-2)10-14(9-12)21-3/h8-10,15,17H,4-7,11,16H2,1-3H3. The van der Waals surface area contributed by atoms with Crippen LogP contribution in [-0.2, 0) is 0 Å². The molecule has 0 bridgehead atoms. The molecule has 21 heavy (non-hydrogen) atoms. The fourth-order valence-corrected chi connectivity index (χ4v) is 2.45. The first kappa shape index (κ1) is 16.0. The molecule has 118 valence electrons. The molecule has 0 radical (unpaired) electrons. The number of methoxy groups -OCH3 is 2. The van der Waals surface area contributed by atoms with Gasteiger partial charge in [0.2, 0.25) is 0 Å². The first-order valence-electron chi connectivity index (χ1n) is 7.29. The second kappa shape index (κ2) is 7.61. The molecular weight excluding hydrogens is 268 g/mol. The molecule has 1 saturated heterocycles. The Morgan fingerprint density at radius 2 is 1.67 bits per heavy atom. The fraction of sp³-hybridized carbons (Fsp3) is 0.600. The first-order chi connectivity index (χ1) is 10.2. The third kappa shape index (κ3) is 4.31. The van der Waals surface area contributed by atoms with Crippen LogP contribution in [-0.4, -0.2) is 63.9 Å². The number of nitrogens with one attached hydrogen (secondary N) is 1. The van der Waals surface area contributed by atoms with E-state index in [0.717, 1.165) is 43.2 Å². The van der Waals surface area contributed by atoms with Crippen molar-refractivity contribution in [1.29, 1.82) is 0 Å². The van der Waals surface area contributed by atoms with Crippen LogP contribution in [0.5, 0.6) is 11.5 Å². The summed E-state index contributed by atoms with van der Waals surface area (Å²) in [4.78, 5) is 2.32. The highest BCUT2D eigenvalue weighted by atomic mass is 16.5. The highest BCUT2D eigenvalue weighted by Crippen LogP contribution is 2.26. The molecule has 0 saturated carbocycles. The largest absolute Gasteiger partial charge is 0.497 e. The zero-order chi connectivity index (χ0) is 15.2. The van der Waals surface area contributed by atoms with Gasteiger partial charge in [-0.05, 0) is 24.7 Å². The monoisotopic (exact) mass is 294 g/mol. The van der Waals surface area contributed by atoms with Gasteiger partial charge in [0.25, 0.3) is 0 Å². The molecule has 1 aromatic carbocycles. The number of nitrogens with zero attached hydrogens (tertiary/aromatic N) is 2. The van der Waals surface area contributed by atoms with Crippen LogP contribution >= 0.6 is 0 Å². The zero-order valence-corrected chi connectivity index (χ0v) is 13.1. The van der Waals surface area contributed by atoms with Crippen molar-refractivity contribution in [1.82, 2.24) is 15.3 Å². The molecule has 2 rings (SSSR count). The van der Waals surface area contributed by atoms with Gasteiger partial charge in [-0.3, -0.25) is 0 Å². The summed E-state index contributed by atoms with van der Waals surface area (Å²) in [6, 6.07) is 5.93. The second-order valence-corrected chi connectivity index (χ2v) is 5.35. The first-order valence-corrected chi connectivity index (χ1v) is 7.29. The van der Waals surface area contributed by atoms with Gasteiger partial charge in [-0.25, -0.2) is 10.4 Å². The molecular formula is C15H26N4O2. The Morgan fingerprint density at radius 1 is 1.10 bits per heavy atom. The molecule has 1 aromatic rings. The average Bonchev–Trinajstić information content (AvgIpc) is 2.53. The molecule has 0 spiro atoms.